The number of esters is 1. The van der Waals surface area contributed by atoms with Crippen molar-refractivity contribution in [3.63, 3.8) is 0 Å². The molecule has 0 bridgehead atoms. The number of rotatable bonds is 22. The van der Waals surface area contributed by atoms with Gasteiger partial charge in [-0.25, -0.2) is 0 Å². The van der Waals surface area contributed by atoms with Gasteiger partial charge < -0.3 is 58.0 Å². The molecule has 0 aromatic heterocycles. The number of halogens is 1. The molecule has 3 N–H and O–H groups in total. The molecule has 0 saturated carbocycles. The van der Waals surface area contributed by atoms with Gasteiger partial charge in [0.2, 0.25) is 0 Å². The SMILES string of the molecule is COC(=O)Cc1ccc(CO[C@H]2O[C@H](CO[C@@H]3O[C@H](COCc4ccc(N=[N+]=[N-])c(Cl)c4)[C@@H](O)[C@H](O)[C@H]3O)[C@@H](OCc3ccccc3)[C@H](OCc3ccccc3)[C@H]2OCc2ccccc2)cc1. The first-order valence-corrected chi connectivity index (χ1v) is 22.2. The number of carbonyl (C=O) groups is 1. The molecule has 16 nitrogen and oxygen atoms in total. The molecular weight excluding hydrogens is 886 g/mol. The Morgan fingerprint density at radius 2 is 1.10 bits per heavy atom. The number of hydrogen-bond acceptors (Lipinski definition) is 14. The molecule has 67 heavy (non-hydrogen) atoms. The van der Waals surface area contributed by atoms with Crippen LogP contribution in [0.2, 0.25) is 5.02 Å². The van der Waals surface area contributed by atoms with E-state index in [4.69, 9.17) is 59.8 Å². The highest BCUT2D eigenvalue weighted by atomic mass is 35.5. The lowest BCUT2D eigenvalue weighted by molar-refractivity contribution is -0.346. The highest BCUT2D eigenvalue weighted by Gasteiger charge is 2.51. The summed E-state index contributed by atoms with van der Waals surface area (Å²) in [7, 11) is 1.35. The maximum Gasteiger partial charge on any atom is 0.309 e. The average Bonchev–Trinajstić information content (AvgIpc) is 3.36. The van der Waals surface area contributed by atoms with Crippen LogP contribution in [0.5, 0.6) is 0 Å². The van der Waals surface area contributed by atoms with Crippen molar-refractivity contribution in [1.29, 1.82) is 0 Å². The van der Waals surface area contributed by atoms with Gasteiger partial charge in [-0.2, -0.15) is 0 Å². The van der Waals surface area contributed by atoms with Crippen molar-refractivity contribution in [1.82, 2.24) is 0 Å². The lowest BCUT2D eigenvalue weighted by Gasteiger charge is -2.46. The van der Waals surface area contributed by atoms with Crippen molar-refractivity contribution in [2.45, 2.75) is 101 Å². The van der Waals surface area contributed by atoms with Gasteiger partial charge in [-0.15, -0.1) is 0 Å². The molecule has 2 fully saturated rings. The van der Waals surface area contributed by atoms with Crippen molar-refractivity contribution in [2.24, 2.45) is 5.11 Å². The molecule has 0 radical (unpaired) electrons. The molecule has 5 aromatic rings. The zero-order valence-corrected chi connectivity index (χ0v) is 37.5. The topological polar surface area (TPSA) is 210 Å². The van der Waals surface area contributed by atoms with Gasteiger partial charge in [-0.1, -0.05) is 144 Å². The van der Waals surface area contributed by atoms with E-state index in [1.54, 1.807) is 18.2 Å². The molecule has 0 unspecified atom stereocenters. The molecule has 2 saturated heterocycles. The summed E-state index contributed by atoms with van der Waals surface area (Å²) >= 11 is 6.24. The largest absolute Gasteiger partial charge is 0.469 e. The number of ether oxygens (including phenoxy) is 9. The van der Waals surface area contributed by atoms with Gasteiger partial charge in [0.15, 0.2) is 12.6 Å². The Labute approximate surface area is 393 Å². The highest BCUT2D eigenvalue weighted by molar-refractivity contribution is 6.33. The molecule has 2 aliphatic heterocycles. The van der Waals surface area contributed by atoms with E-state index in [-0.39, 0.29) is 69.3 Å². The van der Waals surface area contributed by atoms with Crippen LogP contribution in [-0.4, -0.2) is 103 Å². The van der Waals surface area contributed by atoms with Crippen LogP contribution in [-0.2, 0) is 86.9 Å². The number of nitrogens with zero attached hydrogens (tertiary/aromatic N) is 3. The highest BCUT2D eigenvalue weighted by Crippen LogP contribution is 2.33. The minimum absolute atomic E-state index is 0.0419. The predicted molar refractivity (Wildman–Crippen MR) is 243 cm³/mol. The Hall–Kier alpha value is -5.27. The van der Waals surface area contributed by atoms with E-state index in [9.17, 15) is 20.1 Å². The Morgan fingerprint density at radius 3 is 1.69 bits per heavy atom. The molecule has 2 heterocycles. The maximum atomic E-state index is 11.9. The van der Waals surface area contributed by atoms with Gasteiger partial charge >= 0.3 is 5.97 Å². The van der Waals surface area contributed by atoms with E-state index in [0.717, 1.165) is 27.8 Å². The number of hydrogen-bond donors (Lipinski definition) is 3. The number of azide groups is 1. The number of aliphatic hydroxyl groups excluding tert-OH is 3. The maximum absolute atomic E-state index is 11.9. The number of aliphatic hydroxyl groups is 3. The van der Waals surface area contributed by atoms with Gasteiger partial charge in [0.05, 0.1) is 70.5 Å². The fourth-order valence-electron chi connectivity index (χ4n) is 7.63. The second-order valence-corrected chi connectivity index (χ2v) is 16.5. The predicted octanol–water partition coefficient (Wildman–Crippen LogP) is 7.04. The Balaban J connectivity index is 1.14. The molecule has 7 rings (SSSR count). The van der Waals surface area contributed by atoms with Crippen LogP contribution in [0, 0.1) is 0 Å². The van der Waals surface area contributed by atoms with Gasteiger partial charge in [0, 0.05) is 4.91 Å². The van der Waals surface area contributed by atoms with Crippen LogP contribution in [0.1, 0.15) is 33.4 Å². The molecular formula is C50H54ClN3O13. The normalized spacial score (nSPS) is 25.0. The van der Waals surface area contributed by atoms with Gasteiger partial charge in [-0.3, -0.25) is 4.79 Å². The zero-order valence-electron chi connectivity index (χ0n) is 36.8. The summed E-state index contributed by atoms with van der Waals surface area (Å²) in [6.07, 6.45) is -11.8. The lowest BCUT2D eigenvalue weighted by Crippen LogP contribution is -2.63. The Morgan fingerprint density at radius 1 is 0.582 bits per heavy atom. The quantitative estimate of drug-likeness (QED) is 0.0276. The van der Waals surface area contributed by atoms with Crippen LogP contribution in [0.3, 0.4) is 0 Å². The van der Waals surface area contributed by atoms with Crippen LogP contribution in [0.15, 0.2) is 139 Å². The van der Waals surface area contributed by atoms with Crippen LogP contribution >= 0.6 is 11.6 Å². The molecule has 0 aliphatic carbocycles. The van der Waals surface area contributed by atoms with Crippen molar-refractivity contribution >= 4 is 23.3 Å². The summed E-state index contributed by atoms with van der Waals surface area (Å²) in [5, 5.41) is 36.9. The standard InChI is InChI=1S/C50H54ClN3O13/c1-59-42(55)24-32-17-19-36(20-18-32)29-64-50-48(63-28-35-15-9-4-10-16-35)47(62-27-34-13-7-3-8-14-34)46(61-26-33-11-5-2-6-12-33)41(67-50)31-65-49-45(58)44(57)43(56)40(66-49)30-60-25-37-21-22-39(53-54-52)38(51)23-37/h2-23,40-41,43-50,56-58H,24-31H2,1H3/t40-,41-,43-,44+,45-,46-,47+,48-,49-,50+/m1/s1. The van der Waals surface area contributed by atoms with E-state index < -0.39 is 61.4 Å². The van der Waals surface area contributed by atoms with Gasteiger partial charge in [0.25, 0.3) is 0 Å². The lowest BCUT2D eigenvalue weighted by atomic mass is 9.97. The van der Waals surface area contributed by atoms with Crippen LogP contribution in [0.25, 0.3) is 10.4 Å². The van der Waals surface area contributed by atoms with E-state index in [1.807, 2.05) is 115 Å². The monoisotopic (exact) mass is 939 g/mol. The molecule has 0 spiro atoms. The molecule has 0 amide bonds. The average molecular weight is 940 g/mol. The first-order chi connectivity index (χ1) is 32.7. The van der Waals surface area contributed by atoms with E-state index in [0.29, 0.717) is 5.56 Å². The zero-order chi connectivity index (χ0) is 47.0. The van der Waals surface area contributed by atoms with E-state index in [2.05, 4.69) is 10.0 Å². The second kappa shape index (κ2) is 25.2. The number of carbonyl (C=O) groups excluding carboxylic acids is 1. The number of benzene rings is 5. The van der Waals surface area contributed by atoms with Crippen molar-refractivity contribution in [3.8, 4) is 0 Å². The fourth-order valence-corrected chi connectivity index (χ4v) is 7.87. The third kappa shape index (κ3) is 14.1. The summed E-state index contributed by atoms with van der Waals surface area (Å²) < 4.78 is 56.6. The summed E-state index contributed by atoms with van der Waals surface area (Å²) in [5.41, 5.74) is 14.0. The summed E-state index contributed by atoms with van der Waals surface area (Å²) in [4.78, 5) is 14.7. The van der Waals surface area contributed by atoms with Crippen LogP contribution in [0.4, 0.5) is 5.69 Å². The summed E-state index contributed by atoms with van der Waals surface area (Å²) in [6.45, 7) is 0.213. The smallest absolute Gasteiger partial charge is 0.309 e. The first kappa shape index (κ1) is 49.6. The molecule has 10 atom stereocenters. The summed E-state index contributed by atoms with van der Waals surface area (Å²) in [6, 6.07) is 41.2. The Bertz CT molecular complexity index is 2330. The minimum atomic E-state index is -1.66. The third-order valence-electron chi connectivity index (χ3n) is 11.3. The molecule has 354 valence electrons. The van der Waals surface area contributed by atoms with E-state index in [1.165, 1.54) is 7.11 Å². The third-order valence-corrected chi connectivity index (χ3v) is 11.6. The fraction of sp³-hybridized carbons (Fsp3) is 0.380. The van der Waals surface area contributed by atoms with Crippen LogP contribution < -0.4 is 0 Å². The number of methoxy groups -OCH3 is 1. The minimum Gasteiger partial charge on any atom is -0.469 e. The molecule has 5 aromatic carbocycles. The molecule has 17 heteroatoms. The first-order valence-electron chi connectivity index (χ1n) is 21.8. The van der Waals surface area contributed by atoms with Crippen molar-refractivity contribution in [3.05, 3.63) is 182 Å². The van der Waals surface area contributed by atoms with Gasteiger partial charge in [0.1, 0.15) is 48.8 Å². The molecule has 2 aliphatic rings. The summed E-state index contributed by atoms with van der Waals surface area (Å²) in [5.74, 6) is -0.352. The van der Waals surface area contributed by atoms with Gasteiger partial charge in [-0.05, 0) is 45.0 Å². The van der Waals surface area contributed by atoms with Crippen molar-refractivity contribution in [2.75, 3.05) is 20.3 Å². The second-order valence-electron chi connectivity index (χ2n) is 16.0. The van der Waals surface area contributed by atoms with E-state index >= 15 is 0 Å². The van der Waals surface area contributed by atoms with Crippen molar-refractivity contribution < 1.29 is 62.7 Å². The Kier molecular flexibility index (Phi) is 18.7.